The molecule has 0 radical (unpaired) electrons. The summed E-state index contributed by atoms with van der Waals surface area (Å²) in [6.45, 7) is 8.02. The first-order valence-corrected chi connectivity index (χ1v) is 11.4. The summed E-state index contributed by atoms with van der Waals surface area (Å²) in [5.41, 5.74) is 1.38. The molecule has 7 nitrogen and oxygen atoms in total. The van der Waals surface area contributed by atoms with Crippen LogP contribution in [0, 0.1) is 5.92 Å². The van der Waals surface area contributed by atoms with E-state index >= 15 is 0 Å². The largest absolute Gasteiger partial charge is 0.352 e. The molecule has 1 atom stereocenters. The van der Waals surface area contributed by atoms with Crippen LogP contribution in [0.25, 0.3) is 0 Å². The van der Waals surface area contributed by atoms with Gasteiger partial charge in [0.05, 0.1) is 0 Å². The van der Waals surface area contributed by atoms with Gasteiger partial charge in [0.25, 0.3) is 5.91 Å². The van der Waals surface area contributed by atoms with Crippen molar-refractivity contribution in [2.75, 3.05) is 20.1 Å². The van der Waals surface area contributed by atoms with Gasteiger partial charge in [-0.2, -0.15) is 0 Å². The normalized spacial score (nSPS) is 20.1. The molecule has 1 unspecified atom stereocenters. The van der Waals surface area contributed by atoms with Crippen LogP contribution in [0.15, 0.2) is 29.3 Å². The minimum absolute atomic E-state index is 0.0742. The van der Waals surface area contributed by atoms with Crippen LogP contribution >= 0.6 is 0 Å². The zero-order valence-electron chi connectivity index (χ0n) is 19.3. The number of hydrogen-bond donors (Lipinski definition) is 3. The third kappa shape index (κ3) is 6.71. The lowest BCUT2D eigenvalue weighted by Crippen LogP contribution is -2.45. The molecule has 2 aliphatic rings. The molecule has 3 N–H and O–H groups in total. The van der Waals surface area contributed by atoms with Crippen LogP contribution in [0.2, 0.25) is 0 Å². The lowest BCUT2D eigenvalue weighted by Gasteiger charge is -2.22. The Morgan fingerprint density at radius 1 is 1.16 bits per heavy atom. The quantitative estimate of drug-likeness (QED) is 0.498. The summed E-state index contributed by atoms with van der Waals surface area (Å²) in [5.74, 6) is 1.20. The second-order valence-corrected chi connectivity index (χ2v) is 9.73. The van der Waals surface area contributed by atoms with Crippen LogP contribution in [0.1, 0.15) is 68.8 Å². The van der Waals surface area contributed by atoms with Crippen LogP contribution in [0.4, 0.5) is 0 Å². The molecular weight excluding hydrogens is 390 g/mol. The van der Waals surface area contributed by atoms with Gasteiger partial charge >= 0.3 is 0 Å². The van der Waals surface area contributed by atoms with Gasteiger partial charge in [0, 0.05) is 49.7 Å². The molecule has 7 heteroatoms. The smallest absolute Gasteiger partial charge is 0.251 e. The second-order valence-electron chi connectivity index (χ2n) is 9.73. The van der Waals surface area contributed by atoms with Crippen molar-refractivity contribution < 1.29 is 9.59 Å². The number of nitrogens with zero attached hydrogens (tertiary/aromatic N) is 2. The van der Waals surface area contributed by atoms with Crippen molar-refractivity contribution in [3.63, 3.8) is 0 Å². The number of guanidine groups is 1. The van der Waals surface area contributed by atoms with Gasteiger partial charge in [-0.1, -0.05) is 25.0 Å². The van der Waals surface area contributed by atoms with Crippen molar-refractivity contribution in [2.45, 2.75) is 71.0 Å². The zero-order chi connectivity index (χ0) is 22.4. The van der Waals surface area contributed by atoms with Crippen molar-refractivity contribution in [1.29, 1.82) is 0 Å². The van der Waals surface area contributed by atoms with Crippen LogP contribution < -0.4 is 16.0 Å². The van der Waals surface area contributed by atoms with E-state index in [9.17, 15) is 9.59 Å². The van der Waals surface area contributed by atoms with Crippen LogP contribution in [0.3, 0.4) is 0 Å². The van der Waals surface area contributed by atoms with E-state index in [0.717, 1.165) is 37.9 Å². The summed E-state index contributed by atoms with van der Waals surface area (Å²) < 4.78 is 0. The number of nitrogens with one attached hydrogen (secondary N) is 3. The van der Waals surface area contributed by atoms with Crippen molar-refractivity contribution in [1.82, 2.24) is 20.9 Å². The average Bonchev–Trinajstić information content (AvgIpc) is 3.42. The molecule has 0 bridgehead atoms. The number of likely N-dealkylation sites (tertiary alicyclic amines) is 1. The molecule has 1 saturated carbocycles. The molecule has 2 fully saturated rings. The SMILES string of the molecule is CN=C(NCc1cccc(C(=O)NC(C)(C)C)c1)NC1CCN(C(=O)C2CCCC2)C1. The highest BCUT2D eigenvalue weighted by molar-refractivity contribution is 5.94. The molecule has 1 heterocycles. The average molecular weight is 428 g/mol. The third-order valence-electron chi connectivity index (χ3n) is 5.91. The van der Waals surface area contributed by atoms with Crippen molar-refractivity contribution in [3.05, 3.63) is 35.4 Å². The lowest BCUT2D eigenvalue weighted by atomic mass is 10.1. The van der Waals surface area contributed by atoms with E-state index in [1.165, 1.54) is 12.8 Å². The van der Waals surface area contributed by atoms with Gasteiger partial charge < -0.3 is 20.9 Å². The maximum atomic E-state index is 12.7. The van der Waals surface area contributed by atoms with Gasteiger partial charge in [-0.15, -0.1) is 0 Å². The van der Waals surface area contributed by atoms with E-state index in [4.69, 9.17) is 0 Å². The van der Waals surface area contributed by atoms with Gasteiger partial charge in [0.1, 0.15) is 0 Å². The summed E-state index contributed by atoms with van der Waals surface area (Å²) in [6, 6.07) is 7.82. The first-order valence-electron chi connectivity index (χ1n) is 11.4. The molecule has 2 amide bonds. The molecule has 1 aliphatic carbocycles. The molecular formula is C24H37N5O2. The van der Waals surface area contributed by atoms with Crippen molar-refractivity contribution in [2.24, 2.45) is 10.9 Å². The first-order chi connectivity index (χ1) is 14.7. The Morgan fingerprint density at radius 2 is 1.90 bits per heavy atom. The maximum absolute atomic E-state index is 12.7. The Bertz CT molecular complexity index is 808. The van der Waals surface area contributed by atoms with Gasteiger partial charge in [0.2, 0.25) is 5.91 Å². The Morgan fingerprint density at radius 3 is 2.58 bits per heavy atom. The number of benzene rings is 1. The van der Waals surface area contributed by atoms with E-state index in [2.05, 4.69) is 20.9 Å². The maximum Gasteiger partial charge on any atom is 0.251 e. The summed E-state index contributed by atoms with van der Waals surface area (Å²) in [6.07, 6.45) is 5.39. The van der Waals surface area contributed by atoms with E-state index in [0.29, 0.717) is 24.0 Å². The topological polar surface area (TPSA) is 85.8 Å². The number of carbonyl (C=O) groups excluding carboxylic acids is 2. The number of amides is 2. The number of carbonyl (C=O) groups is 2. The van der Waals surface area contributed by atoms with E-state index in [1.807, 2.05) is 49.9 Å². The summed E-state index contributed by atoms with van der Waals surface area (Å²) >= 11 is 0. The minimum Gasteiger partial charge on any atom is -0.352 e. The van der Waals surface area contributed by atoms with E-state index in [1.54, 1.807) is 7.05 Å². The molecule has 1 aromatic carbocycles. The molecule has 170 valence electrons. The molecule has 31 heavy (non-hydrogen) atoms. The predicted molar refractivity (Wildman–Crippen MR) is 124 cm³/mol. The molecule has 1 aliphatic heterocycles. The number of aliphatic imine (C=N–C) groups is 1. The zero-order valence-corrected chi connectivity index (χ0v) is 19.3. The standard InChI is InChI=1S/C24H37N5O2/c1-24(2,3)28-21(30)19-11-7-8-17(14-19)15-26-23(25-4)27-20-12-13-29(16-20)22(31)18-9-5-6-10-18/h7-8,11,14,18,20H,5-6,9-10,12-13,15-16H2,1-4H3,(H,28,30)(H2,25,26,27). The van der Waals surface area contributed by atoms with E-state index < -0.39 is 0 Å². The minimum atomic E-state index is -0.272. The number of rotatable bonds is 5. The molecule has 1 saturated heterocycles. The lowest BCUT2D eigenvalue weighted by molar-refractivity contribution is -0.134. The Labute approximate surface area is 186 Å². The van der Waals surface area contributed by atoms with Crippen molar-refractivity contribution >= 4 is 17.8 Å². The fourth-order valence-electron chi connectivity index (χ4n) is 4.32. The number of hydrogen-bond acceptors (Lipinski definition) is 3. The molecule has 0 spiro atoms. The Hall–Kier alpha value is -2.57. The van der Waals surface area contributed by atoms with Gasteiger partial charge in [0.15, 0.2) is 5.96 Å². The highest BCUT2D eigenvalue weighted by Gasteiger charge is 2.32. The van der Waals surface area contributed by atoms with Gasteiger partial charge in [-0.25, -0.2) is 0 Å². The Kier molecular flexibility index (Phi) is 7.57. The predicted octanol–water partition coefficient (Wildman–Crippen LogP) is 2.67. The molecule has 0 aromatic heterocycles. The summed E-state index contributed by atoms with van der Waals surface area (Å²) in [5, 5.41) is 9.77. The second kappa shape index (κ2) is 10.2. The fourth-order valence-corrected chi connectivity index (χ4v) is 4.32. The first kappa shape index (κ1) is 23.1. The van der Waals surface area contributed by atoms with Crippen LogP contribution in [-0.2, 0) is 11.3 Å². The highest BCUT2D eigenvalue weighted by Crippen LogP contribution is 2.27. The van der Waals surface area contributed by atoms with Crippen molar-refractivity contribution in [3.8, 4) is 0 Å². The van der Waals surface area contributed by atoms with Gasteiger partial charge in [-0.05, 0) is 57.7 Å². The highest BCUT2D eigenvalue weighted by atomic mass is 16.2. The Balaban J connectivity index is 1.49. The fraction of sp³-hybridized carbons (Fsp3) is 0.625. The van der Waals surface area contributed by atoms with Gasteiger partial charge in [-0.3, -0.25) is 14.6 Å². The monoisotopic (exact) mass is 427 g/mol. The summed E-state index contributed by atoms with van der Waals surface area (Å²) in [4.78, 5) is 31.4. The third-order valence-corrected chi connectivity index (χ3v) is 5.91. The van der Waals surface area contributed by atoms with Crippen LogP contribution in [0.5, 0.6) is 0 Å². The van der Waals surface area contributed by atoms with Crippen LogP contribution in [-0.4, -0.2) is 54.4 Å². The molecule has 3 rings (SSSR count). The summed E-state index contributed by atoms with van der Waals surface area (Å²) in [7, 11) is 1.75. The molecule has 1 aromatic rings. The van der Waals surface area contributed by atoms with E-state index in [-0.39, 0.29) is 23.4 Å².